The minimum Gasteiger partial charge on any atom is -0.389 e. The van der Waals surface area contributed by atoms with Crippen LogP contribution < -0.4 is 5.73 Å². The molecule has 0 spiro atoms. The van der Waals surface area contributed by atoms with Gasteiger partial charge in [0.2, 0.25) is 0 Å². The van der Waals surface area contributed by atoms with Gasteiger partial charge in [-0.1, -0.05) is 19.1 Å². The molecule has 0 saturated heterocycles. The normalized spacial score (nSPS) is 10.8. The Morgan fingerprint density at radius 1 is 1.50 bits per heavy atom. The molecule has 1 aromatic rings. The first-order valence-corrected chi connectivity index (χ1v) is 5.72. The lowest BCUT2D eigenvalue weighted by Crippen LogP contribution is -2.21. The molecule has 88 valence electrons. The van der Waals surface area contributed by atoms with Crippen molar-refractivity contribution < 1.29 is 4.39 Å². The van der Waals surface area contributed by atoms with Crippen molar-refractivity contribution in [3.05, 3.63) is 35.1 Å². The van der Waals surface area contributed by atoms with E-state index in [0.717, 1.165) is 24.1 Å². The van der Waals surface area contributed by atoms with Crippen molar-refractivity contribution in [1.82, 2.24) is 4.90 Å². The van der Waals surface area contributed by atoms with Crippen LogP contribution in [0.25, 0.3) is 0 Å². The smallest absolute Gasteiger partial charge is 0.123 e. The zero-order valence-corrected chi connectivity index (χ0v) is 10.5. The molecule has 1 aromatic carbocycles. The third-order valence-corrected chi connectivity index (χ3v) is 2.60. The molecule has 2 nitrogen and oxygen atoms in total. The van der Waals surface area contributed by atoms with Gasteiger partial charge in [-0.3, -0.25) is 0 Å². The average molecular weight is 240 g/mol. The van der Waals surface area contributed by atoms with E-state index < -0.39 is 0 Å². The van der Waals surface area contributed by atoms with Crippen molar-refractivity contribution in [2.24, 2.45) is 5.73 Å². The first kappa shape index (κ1) is 13.1. The predicted octanol–water partition coefficient (Wildman–Crippen LogP) is 2.30. The lowest BCUT2D eigenvalue weighted by Gasteiger charge is -2.17. The van der Waals surface area contributed by atoms with Crippen LogP contribution in [0.3, 0.4) is 0 Å². The number of hydrogen-bond acceptors (Lipinski definition) is 2. The molecular formula is C12H17FN2S. The summed E-state index contributed by atoms with van der Waals surface area (Å²) in [6.45, 7) is 3.74. The maximum absolute atomic E-state index is 13.1. The Hall–Kier alpha value is -1.00. The topological polar surface area (TPSA) is 29.3 Å². The molecule has 0 aliphatic carbocycles. The zero-order valence-electron chi connectivity index (χ0n) is 9.66. The lowest BCUT2D eigenvalue weighted by atomic mass is 10.1. The number of halogens is 1. The molecule has 0 fully saturated rings. The molecule has 0 radical (unpaired) electrons. The summed E-state index contributed by atoms with van der Waals surface area (Å²) in [5, 5.41) is 0. The Morgan fingerprint density at radius 3 is 2.75 bits per heavy atom. The lowest BCUT2D eigenvalue weighted by molar-refractivity contribution is 0.327. The highest BCUT2D eigenvalue weighted by Crippen LogP contribution is 2.13. The summed E-state index contributed by atoms with van der Waals surface area (Å²) in [6, 6.07) is 4.53. The van der Waals surface area contributed by atoms with Crippen molar-refractivity contribution in [3.63, 3.8) is 0 Å². The van der Waals surface area contributed by atoms with E-state index >= 15 is 0 Å². The van der Waals surface area contributed by atoms with Gasteiger partial charge in [0.25, 0.3) is 0 Å². The van der Waals surface area contributed by atoms with E-state index in [0.29, 0.717) is 11.5 Å². The summed E-state index contributed by atoms with van der Waals surface area (Å²) in [4.78, 5) is 2.44. The van der Waals surface area contributed by atoms with Gasteiger partial charge >= 0.3 is 0 Å². The first-order valence-electron chi connectivity index (χ1n) is 5.31. The Bertz CT molecular complexity index is 379. The standard InChI is InChI=1S/C12H17FN2S/c1-3-6-15(2)8-9-7-10(13)4-5-11(9)12(14)16/h4-5,7H,3,6,8H2,1-2H3,(H2,14,16). The van der Waals surface area contributed by atoms with E-state index in [2.05, 4.69) is 11.8 Å². The third kappa shape index (κ3) is 3.54. The molecule has 0 aliphatic heterocycles. The first-order chi connectivity index (χ1) is 7.54. The third-order valence-electron chi connectivity index (χ3n) is 2.38. The molecular weight excluding hydrogens is 223 g/mol. The van der Waals surface area contributed by atoms with Crippen LogP contribution >= 0.6 is 12.2 Å². The van der Waals surface area contributed by atoms with Gasteiger partial charge in [0.15, 0.2) is 0 Å². The van der Waals surface area contributed by atoms with Crippen molar-refractivity contribution in [3.8, 4) is 0 Å². The number of benzene rings is 1. The van der Waals surface area contributed by atoms with Gasteiger partial charge in [0.1, 0.15) is 10.8 Å². The van der Waals surface area contributed by atoms with Gasteiger partial charge in [-0.15, -0.1) is 0 Å². The van der Waals surface area contributed by atoms with Crippen LogP contribution in [-0.4, -0.2) is 23.5 Å². The molecule has 2 N–H and O–H groups in total. The number of nitrogens with zero attached hydrogens (tertiary/aromatic N) is 1. The summed E-state index contributed by atoms with van der Waals surface area (Å²) in [7, 11) is 2.00. The van der Waals surface area contributed by atoms with Gasteiger partial charge in [0.05, 0.1) is 0 Å². The van der Waals surface area contributed by atoms with E-state index in [-0.39, 0.29) is 5.82 Å². The molecule has 0 aliphatic rings. The Balaban J connectivity index is 2.92. The van der Waals surface area contributed by atoms with E-state index in [1.807, 2.05) is 7.05 Å². The van der Waals surface area contributed by atoms with Gasteiger partial charge in [-0.05, 0) is 43.8 Å². The van der Waals surface area contributed by atoms with Gasteiger partial charge in [0, 0.05) is 12.1 Å². The molecule has 0 heterocycles. The Kier molecular flexibility index (Phi) is 4.83. The van der Waals surface area contributed by atoms with Gasteiger partial charge < -0.3 is 10.6 Å². The summed E-state index contributed by atoms with van der Waals surface area (Å²) in [6.07, 6.45) is 1.06. The van der Waals surface area contributed by atoms with E-state index in [9.17, 15) is 4.39 Å². The number of nitrogens with two attached hydrogens (primary N) is 1. The molecule has 16 heavy (non-hydrogen) atoms. The maximum Gasteiger partial charge on any atom is 0.123 e. The van der Waals surface area contributed by atoms with E-state index in [4.69, 9.17) is 18.0 Å². The SMILES string of the molecule is CCCN(C)Cc1cc(F)ccc1C(N)=S. The van der Waals surface area contributed by atoms with Crippen molar-refractivity contribution in [1.29, 1.82) is 0 Å². The molecule has 0 atom stereocenters. The van der Waals surface area contributed by atoms with Crippen molar-refractivity contribution in [2.75, 3.05) is 13.6 Å². The van der Waals surface area contributed by atoms with Gasteiger partial charge in [-0.25, -0.2) is 4.39 Å². The molecule has 0 amide bonds. The molecule has 1 rings (SSSR count). The molecule has 0 saturated carbocycles. The van der Waals surface area contributed by atoms with Crippen LogP contribution in [0.1, 0.15) is 24.5 Å². The van der Waals surface area contributed by atoms with E-state index in [1.54, 1.807) is 6.07 Å². The highest BCUT2D eigenvalue weighted by Gasteiger charge is 2.08. The van der Waals surface area contributed by atoms with Crippen LogP contribution in [0.4, 0.5) is 4.39 Å². The van der Waals surface area contributed by atoms with Crippen molar-refractivity contribution >= 4 is 17.2 Å². The minimum absolute atomic E-state index is 0.250. The van der Waals surface area contributed by atoms with E-state index in [1.165, 1.54) is 12.1 Å². The van der Waals surface area contributed by atoms with Crippen LogP contribution in [0.15, 0.2) is 18.2 Å². The highest BCUT2D eigenvalue weighted by atomic mass is 32.1. The largest absolute Gasteiger partial charge is 0.389 e. The average Bonchev–Trinajstić information content (AvgIpc) is 2.17. The number of thiocarbonyl (C=S) groups is 1. The second-order valence-corrected chi connectivity index (χ2v) is 4.34. The van der Waals surface area contributed by atoms with Crippen LogP contribution in [0.5, 0.6) is 0 Å². The molecule has 4 heteroatoms. The van der Waals surface area contributed by atoms with Crippen LogP contribution in [0.2, 0.25) is 0 Å². The fourth-order valence-corrected chi connectivity index (χ4v) is 1.88. The summed E-state index contributed by atoms with van der Waals surface area (Å²) in [5.74, 6) is -0.250. The van der Waals surface area contributed by atoms with Crippen LogP contribution in [0, 0.1) is 5.82 Å². The fraction of sp³-hybridized carbons (Fsp3) is 0.417. The Labute approximate surface area is 101 Å². The fourth-order valence-electron chi connectivity index (χ4n) is 1.69. The van der Waals surface area contributed by atoms with Gasteiger partial charge in [-0.2, -0.15) is 0 Å². The summed E-state index contributed by atoms with van der Waals surface area (Å²) >= 11 is 4.95. The summed E-state index contributed by atoms with van der Waals surface area (Å²) < 4.78 is 13.1. The summed E-state index contributed by atoms with van der Waals surface area (Å²) in [5.41, 5.74) is 7.22. The second-order valence-electron chi connectivity index (χ2n) is 3.90. The highest BCUT2D eigenvalue weighted by molar-refractivity contribution is 7.80. The quantitative estimate of drug-likeness (QED) is 0.801. The van der Waals surface area contributed by atoms with Crippen molar-refractivity contribution in [2.45, 2.75) is 19.9 Å². The van der Waals surface area contributed by atoms with Crippen LogP contribution in [-0.2, 0) is 6.54 Å². The minimum atomic E-state index is -0.250. The number of rotatable bonds is 5. The molecule has 0 aromatic heterocycles. The molecule has 0 unspecified atom stereocenters. The zero-order chi connectivity index (χ0) is 12.1. The molecule has 0 bridgehead atoms. The maximum atomic E-state index is 13.1. The Morgan fingerprint density at radius 2 is 2.19 bits per heavy atom. The second kappa shape index (κ2) is 5.92. The number of hydrogen-bond donors (Lipinski definition) is 1. The monoisotopic (exact) mass is 240 g/mol. The predicted molar refractivity (Wildman–Crippen MR) is 68.9 cm³/mol.